The van der Waals surface area contributed by atoms with Crippen molar-refractivity contribution in [1.82, 2.24) is 0 Å². The molecule has 2 aromatic rings. The molecule has 2 aromatic carbocycles. The Kier molecular flexibility index (Phi) is 7.05. The smallest absolute Gasteiger partial charge is 0.262 e. The van der Waals surface area contributed by atoms with Gasteiger partial charge >= 0.3 is 0 Å². The van der Waals surface area contributed by atoms with Crippen molar-refractivity contribution in [1.29, 1.82) is 0 Å². The highest BCUT2D eigenvalue weighted by molar-refractivity contribution is 5.91. The zero-order chi connectivity index (χ0) is 18.2. The number of hydrogen-bond acceptors (Lipinski definition) is 2. The number of amides is 1. The molecule has 0 fully saturated rings. The van der Waals surface area contributed by atoms with Crippen molar-refractivity contribution >= 4 is 11.6 Å². The number of unbranched alkanes of at least 4 members (excludes halogenated alkanes) is 1. The largest absolute Gasteiger partial charge is 0.484 e. The summed E-state index contributed by atoms with van der Waals surface area (Å²) in [6.07, 6.45) is 3.46. The minimum Gasteiger partial charge on any atom is -0.484 e. The molecule has 0 aliphatic carbocycles. The third-order valence-electron chi connectivity index (χ3n) is 4.29. The molecule has 25 heavy (non-hydrogen) atoms. The maximum Gasteiger partial charge on any atom is 0.262 e. The molecule has 0 saturated carbocycles. The Bertz CT molecular complexity index is 690. The number of rotatable bonds is 8. The van der Waals surface area contributed by atoms with E-state index in [1.165, 1.54) is 29.5 Å². The van der Waals surface area contributed by atoms with Gasteiger partial charge in [0.15, 0.2) is 6.61 Å². The second-order valence-electron chi connectivity index (χ2n) is 6.81. The van der Waals surface area contributed by atoms with Crippen LogP contribution in [0.4, 0.5) is 5.69 Å². The lowest BCUT2D eigenvalue weighted by atomic mass is 9.98. The first-order valence-electron chi connectivity index (χ1n) is 9.11. The van der Waals surface area contributed by atoms with E-state index in [0.717, 1.165) is 17.9 Å². The lowest BCUT2D eigenvalue weighted by molar-refractivity contribution is -0.118. The standard InChI is InChI=1S/C22H29NO2/c1-5-6-7-18-8-10-19(11-9-18)23-22(24)15-25-20-12-13-21(16(2)3)17(4)14-20/h8-14,16H,5-7,15H2,1-4H3,(H,23,24). The number of aryl methyl sites for hydroxylation is 2. The SMILES string of the molecule is CCCCc1ccc(NC(=O)COc2ccc(C(C)C)c(C)c2)cc1. The summed E-state index contributed by atoms with van der Waals surface area (Å²) in [5.41, 5.74) is 4.60. The highest BCUT2D eigenvalue weighted by atomic mass is 16.5. The first kappa shape index (κ1) is 19.0. The van der Waals surface area contributed by atoms with E-state index in [4.69, 9.17) is 4.74 Å². The van der Waals surface area contributed by atoms with Crippen molar-refractivity contribution in [3.63, 3.8) is 0 Å². The number of carbonyl (C=O) groups is 1. The normalized spacial score (nSPS) is 10.8. The van der Waals surface area contributed by atoms with Gasteiger partial charge in [-0.15, -0.1) is 0 Å². The number of nitrogens with one attached hydrogen (secondary N) is 1. The Morgan fingerprint density at radius 3 is 2.44 bits per heavy atom. The van der Waals surface area contributed by atoms with Crippen LogP contribution in [0.3, 0.4) is 0 Å². The van der Waals surface area contributed by atoms with Crippen LogP contribution < -0.4 is 10.1 Å². The molecule has 0 bridgehead atoms. The molecule has 1 amide bonds. The van der Waals surface area contributed by atoms with Gasteiger partial charge in [0.2, 0.25) is 0 Å². The van der Waals surface area contributed by atoms with Gasteiger partial charge in [0.05, 0.1) is 0 Å². The predicted octanol–water partition coefficient (Wildman–Crippen LogP) is 5.48. The minimum atomic E-state index is -0.146. The Morgan fingerprint density at radius 1 is 1.12 bits per heavy atom. The van der Waals surface area contributed by atoms with Gasteiger partial charge in [-0.25, -0.2) is 0 Å². The molecule has 0 radical (unpaired) electrons. The molecular weight excluding hydrogens is 310 g/mol. The Morgan fingerprint density at radius 2 is 1.84 bits per heavy atom. The van der Waals surface area contributed by atoms with Gasteiger partial charge in [-0.1, -0.05) is 45.4 Å². The average molecular weight is 339 g/mol. The third kappa shape index (κ3) is 5.93. The van der Waals surface area contributed by atoms with E-state index in [1.54, 1.807) is 0 Å². The van der Waals surface area contributed by atoms with Crippen LogP contribution in [0.15, 0.2) is 42.5 Å². The van der Waals surface area contributed by atoms with E-state index in [9.17, 15) is 4.79 Å². The molecule has 1 N–H and O–H groups in total. The second-order valence-corrected chi connectivity index (χ2v) is 6.81. The Hall–Kier alpha value is -2.29. The minimum absolute atomic E-state index is 0.0120. The molecule has 0 unspecified atom stereocenters. The monoisotopic (exact) mass is 339 g/mol. The van der Waals surface area contributed by atoms with Crippen LogP contribution in [0.1, 0.15) is 56.2 Å². The summed E-state index contributed by atoms with van der Waals surface area (Å²) in [4.78, 5) is 12.1. The zero-order valence-corrected chi connectivity index (χ0v) is 15.8. The van der Waals surface area contributed by atoms with Gasteiger partial charge in [-0.2, -0.15) is 0 Å². The van der Waals surface area contributed by atoms with E-state index < -0.39 is 0 Å². The maximum absolute atomic E-state index is 12.1. The summed E-state index contributed by atoms with van der Waals surface area (Å²) < 4.78 is 5.62. The zero-order valence-electron chi connectivity index (χ0n) is 15.8. The number of anilines is 1. The van der Waals surface area contributed by atoms with Crippen LogP contribution in [-0.4, -0.2) is 12.5 Å². The summed E-state index contributed by atoms with van der Waals surface area (Å²) in [5.74, 6) is 1.07. The molecule has 0 aliphatic rings. The van der Waals surface area contributed by atoms with E-state index in [2.05, 4.69) is 51.2 Å². The van der Waals surface area contributed by atoms with Crippen LogP contribution in [0, 0.1) is 6.92 Å². The van der Waals surface area contributed by atoms with Crippen molar-refractivity contribution in [2.75, 3.05) is 11.9 Å². The van der Waals surface area contributed by atoms with Gasteiger partial charge in [0.25, 0.3) is 5.91 Å². The predicted molar refractivity (Wildman–Crippen MR) is 104 cm³/mol. The summed E-state index contributed by atoms with van der Waals surface area (Å²) >= 11 is 0. The second kappa shape index (κ2) is 9.26. The molecule has 0 aliphatic heterocycles. The molecule has 3 nitrogen and oxygen atoms in total. The molecule has 0 heterocycles. The average Bonchev–Trinajstić information content (AvgIpc) is 2.59. The van der Waals surface area contributed by atoms with Crippen LogP contribution in [0.2, 0.25) is 0 Å². The fraction of sp³-hybridized carbons (Fsp3) is 0.409. The number of carbonyl (C=O) groups excluding carboxylic acids is 1. The molecule has 134 valence electrons. The lowest BCUT2D eigenvalue weighted by Gasteiger charge is -2.12. The summed E-state index contributed by atoms with van der Waals surface area (Å²) in [5, 5.41) is 2.88. The molecule has 0 spiro atoms. The summed E-state index contributed by atoms with van der Waals surface area (Å²) in [7, 11) is 0. The summed E-state index contributed by atoms with van der Waals surface area (Å²) in [6, 6.07) is 14.0. The molecule has 2 rings (SSSR count). The Balaban J connectivity index is 1.85. The summed E-state index contributed by atoms with van der Waals surface area (Å²) in [6.45, 7) is 8.61. The first-order chi connectivity index (χ1) is 12.0. The van der Waals surface area contributed by atoms with Crippen molar-refractivity contribution in [2.45, 2.75) is 52.9 Å². The molecule has 3 heteroatoms. The van der Waals surface area contributed by atoms with Gasteiger partial charge in [0, 0.05) is 5.69 Å². The van der Waals surface area contributed by atoms with E-state index in [0.29, 0.717) is 5.92 Å². The first-order valence-corrected chi connectivity index (χ1v) is 9.11. The highest BCUT2D eigenvalue weighted by Crippen LogP contribution is 2.23. The molecular formula is C22H29NO2. The van der Waals surface area contributed by atoms with E-state index in [1.807, 2.05) is 24.3 Å². The molecule has 0 aromatic heterocycles. The van der Waals surface area contributed by atoms with Crippen molar-refractivity contribution in [3.05, 3.63) is 59.2 Å². The quantitative estimate of drug-likeness (QED) is 0.691. The van der Waals surface area contributed by atoms with Gasteiger partial charge in [-0.3, -0.25) is 4.79 Å². The van der Waals surface area contributed by atoms with Gasteiger partial charge in [0.1, 0.15) is 5.75 Å². The van der Waals surface area contributed by atoms with Crippen molar-refractivity contribution in [2.24, 2.45) is 0 Å². The van der Waals surface area contributed by atoms with Crippen molar-refractivity contribution in [3.8, 4) is 5.75 Å². The van der Waals surface area contributed by atoms with Gasteiger partial charge < -0.3 is 10.1 Å². The van der Waals surface area contributed by atoms with Crippen LogP contribution in [-0.2, 0) is 11.2 Å². The number of benzene rings is 2. The fourth-order valence-electron chi connectivity index (χ4n) is 2.87. The topological polar surface area (TPSA) is 38.3 Å². The van der Waals surface area contributed by atoms with Gasteiger partial charge in [-0.05, 0) is 66.6 Å². The van der Waals surface area contributed by atoms with Crippen LogP contribution in [0.5, 0.6) is 5.75 Å². The Labute approximate surface area is 151 Å². The van der Waals surface area contributed by atoms with Crippen LogP contribution >= 0.6 is 0 Å². The third-order valence-corrected chi connectivity index (χ3v) is 4.29. The number of ether oxygens (including phenoxy) is 1. The maximum atomic E-state index is 12.1. The fourth-order valence-corrected chi connectivity index (χ4v) is 2.87. The van der Waals surface area contributed by atoms with Crippen LogP contribution in [0.25, 0.3) is 0 Å². The van der Waals surface area contributed by atoms with E-state index >= 15 is 0 Å². The van der Waals surface area contributed by atoms with Crippen molar-refractivity contribution < 1.29 is 9.53 Å². The molecule has 0 saturated heterocycles. The number of hydrogen-bond donors (Lipinski definition) is 1. The van der Waals surface area contributed by atoms with E-state index in [-0.39, 0.29) is 12.5 Å². The lowest BCUT2D eigenvalue weighted by Crippen LogP contribution is -2.20. The highest BCUT2D eigenvalue weighted by Gasteiger charge is 2.07. The molecule has 0 atom stereocenters.